The molecular formula is C19H19BrFN3O3. The number of carbonyl (C=O) groups excluding carboxylic acids is 2. The Morgan fingerprint density at radius 2 is 1.74 bits per heavy atom. The predicted molar refractivity (Wildman–Crippen MR) is 102 cm³/mol. The summed E-state index contributed by atoms with van der Waals surface area (Å²) in [6, 6.07) is 7.46. The lowest BCUT2D eigenvalue weighted by Crippen LogP contribution is -2.51. The Kier molecular flexibility index (Phi) is 5.74. The van der Waals surface area contributed by atoms with E-state index in [1.165, 1.54) is 16.7 Å². The van der Waals surface area contributed by atoms with Crippen LogP contribution >= 0.6 is 15.9 Å². The molecule has 1 aromatic heterocycles. The van der Waals surface area contributed by atoms with Crippen molar-refractivity contribution in [2.24, 2.45) is 0 Å². The molecule has 1 aliphatic heterocycles. The minimum absolute atomic E-state index is 0.0462. The van der Waals surface area contributed by atoms with Gasteiger partial charge in [-0.15, -0.1) is 0 Å². The summed E-state index contributed by atoms with van der Waals surface area (Å²) in [6.45, 7) is 3.09. The Bertz CT molecular complexity index is 936. The van der Waals surface area contributed by atoms with E-state index < -0.39 is 5.82 Å². The average molecular weight is 436 g/mol. The van der Waals surface area contributed by atoms with Gasteiger partial charge in [-0.25, -0.2) is 4.39 Å². The number of aryl methyl sites for hydroxylation is 1. The number of aromatic nitrogens is 1. The zero-order valence-electron chi connectivity index (χ0n) is 14.8. The summed E-state index contributed by atoms with van der Waals surface area (Å²) in [4.78, 5) is 40.0. The fourth-order valence-electron chi connectivity index (χ4n) is 2.94. The molecule has 1 saturated heterocycles. The van der Waals surface area contributed by atoms with Gasteiger partial charge >= 0.3 is 0 Å². The van der Waals surface area contributed by atoms with E-state index in [0.717, 1.165) is 4.47 Å². The van der Waals surface area contributed by atoms with Crippen molar-refractivity contribution >= 4 is 27.7 Å². The van der Waals surface area contributed by atoms with Gasteiger partial charge in [-0.05, 0) is 46.6 Å². The third-order valence-electron chi connectivity index (χ3n) is 4.59. The first-order valence-corrected chi connectivity index (χ1v) is 9.33. The topological polar surface area (TPSA) is 62.6 Å². The third kappa shape index (κ3) is 4.44. The zero-order chi connectivity index (χ0) is 19.6. The minimum Gasteiger partial charge on any atom is -0.338 e. The fourth-order valence-corrected chi connectivity index (χ4v) is 3.32. The highest BCUT2D eigenvalue weighted by Crippen LogP contribution is 2.13. The molecule has 3 rings (SSSR count). The first kappa shape index (κ1) is 19.3. The van der Waals surface area contributed by atoms with Crippen molar-refractivity contribution in [1.82, 2.24) is 14.4 Å². The van der Waals surface area contributed by atoms with Gasteiger partial charge in [0.1, 0.15) is 12.4 Å². The number of hydrogen-bond acceptors (Lipinski definition) is 3. The lowest BCUT2D eigenvalue weighted by atomic mass is 10.1. The maximum Gasteiger partial charge on any atom is 0.254 e. The Morgan fingerprint density at radius 3 is 2.41 bits per heavy atom. The first-order chi connectivity index (χ1) is 12.8. The molecule has 0 N–H and O–H groups in total. The van der Waals surface area contributed by atoms with E-state index in [-0.39, 0.29) is 23.9 Å². The van der Waals surface area contributed by atoms with Crippen LogP contribution in [0.3, 0.4) is 0 Å². The highest BCUT2D eigenvalue weighted by atomic mass is 79.9. The van der Waals surface area contributed by atoms with E-state index >= 15 is 0 Å². The van der Waals surface area contributed by atoms with E-state index in [4.69, 9.17) is 0 Å². The number of rotatable bonds is 3. The lowest BCUT2D eigenvalue weighted by Gasteiger charge is -2.35. The van der Waals surface area contributed by atoms with Crippen molar-refractivity contribution in [3.05, 3.63) is 68.3 Å². The average Bonchev–Trinajstić information content (AvgIpc) is 2.66. The minimum atomic E-state index is -0.408. The van der Waals surface area contributed by atoms with E-state index in [1.54, 1.807) is 41.1 Å². The van der Waals surface area contributed by atoms with Crippen molar-refractivity contribution in [2.45, 2.75) is 13.5 Å². The van der Waals surface area contributed by atoms with Crippen molar-refractivity contribution in [1.29, 1.82) is 0 Å². The first-order valence-electron chi connectivity index (χ1n) is 8.54. The van der Waals surface area contributed by atoms with E-state index in [2.05, 4.69) is 15.9 Å². The molecule has 0 spiro atoms. The molecule has 0 aliphatic carbocycles. The third-order valence-corrected chi connectivity index (χ3v) is 5.06. The summed E-state index contributed by atoms with van der Waals surface area (Å²) in [7, 11) is 0. The van der Waals surface area contributed by atoms with Gasteiger partial charge in [0.05, 0.1) is 0 Å². The highest BCUT2D eigenvalue weighted by Gasteiger charge is 2.25. The van der Waals surface area contributed by atoms with Crippen LogP contribution in [0, 0.1) is 12.7 Å². The van der Waals surface area contributed by atoms with Crippen LogP contribution in [-0.2, 0) is 11.3 Å². The Balaban J connectivity index is 1.60. The van der Waals surface area contributed by atoms with Crippen LogP contribution in [0.4, 0.5) is 4.39 Å². The molecular weight excluding hydrogens is 417 g/mol. The van der Waals surface area contributed by atoms with Crippen LogP contribution in [0.15, 0.2) is 45.8 Å². The van der Waals surface area contributed by atoms with E-state index in [9.17, 15) is 18.8 Å². The van der Waals surface area contributed by atoms with Gasteiger partial charge in [0, 0.05) is 48.5 Å². The van der Waals surface area contributed by atoms with Gasteiger partial charge in [0.2, 0.25) is 5.91 Å². The van der Waals surface area contributed by atoms with Gasteiger partial charge in [0.15, 0.2) is 0 Å². The molecule has 6 nitrogen and oxygen atoms in total. The van der Waals surface area contributed by atoms with Crippen LogP contribution in [0.2, 0.25) is 0 Å². The molecule has 8 heteroatoms. The number of halogens is 2. The molecule has 1 aliphatic rings. The normalized spacial score (nSPS) is 14.3. The summed E-state index contributed by atoms with van der Waals surface area (Å²) >= 11 is 3.28. The standard InChI is InChI=1S/C19H19BrFN3O3/c1-13-2-3-14(10-16(13)21)19(27)23-8-6-22(7-9-23)18(26)12-24-11-15(20)4-5-17(24)25/h2-5,10-11H,6-9,12H2,1H3. The Hall–Kier alpha value is -2.48. The zero-order valence-corrected chi connectivity index (χ0v) is 16.4. The van der Waals surface area contributed by atoms with Crippen molar-refractivity contribution in [2.75, 3.05) is 26.2 Å². The fraction of sp³-hybridized carbons (Fsp3) is 0.316. The molecule has 27 heavy (non-hydrogen) atoms. The number of nitrogens with zero attached hydrogens (tertiary/aromatic N) is 3. The van der Waals surface area contributed by atoms with Gasteiger partial charge < -0.3 is 14.4 Å². The second kappa shape index (κ2) is 8.04. The molecule has 2 aromatic rings. The smallest absolute Gasteiger partial charge is 0.254 e. The summed E-state index contributed by atoms with van der Waals surface area (Å²) < 4.78 is 15.8. The van der Waals surface area contributed by atoms with Crippen molar-refractivity contribution in [3.63, 3.8) is 0 Å². The van der Waals surface area contributed by atoms with Crippen LogP contribution in [0.5, 0.6) is 0 Å². The number of piperazine rings is 1. The summed E-state index contributed by atoms with van der Waals surface area (Å²) in [6.07, 6.45) is 1.58. The molecule has 2 amide bonds. The highest BCUT2D eigenvalue weighted by molar-refractivity contribution is 9.10. The second-order valence-corrected chi connectivity index (χ2v) is 7.37. The number of pyridine rings is 1. The molecule has 1 fully saturated rings. The van der Waals surface area contributed by atoms with E-state index in [1.807, 2.05) is 0 Å². The largest absolute Gasteiger partial charge is 0.338 e. The van der Waals surface area contributed by atoms with Gasteiger partial charge in [0.25, 0.3) is 11.5 Å². The summed E-state index contributed by atoms with van der Waals surface area (Å²) in [5.74, 6) is -0.831. The Morgan fingerprint density at radius 1 is 1.07 bits per heavy atom. The van der Waals surface area contributed by atoms with Gasteiger partial charge in [-0.2, -0.15) is 0 Å². The van der Waals surface area contributed by atoms with Crippen molar-refractivity contribution in [3.8, 4) is 0 Å². The van der Waals surface area contributed by atoms with Crippen LogP contribution in [-0.4, -0.2) is 52.4 Å². The van der Waals surface area contributed by atoms with Crippen LogP contribution in [0.25, 0.3) is 0 Å². The van der Waals surface area contributed by atoms with Crippen LogP contribution in [0.1, 0.15) is 15.9 Å². The maximum absolute atomic E-state index is 13.7. The molecule has 1 aromatic carbocycles. The monoisotopic (exact) mass is 435 g/mol. The number of hydrogen-bond donors (Lipinski definition) is 0. The van der Waals surface area contributed by atoms with Gasteiger partial charge in [-0.3, -0.25) is 14.4 Å². The number of carbonyl (C=O) groups is 2. The molecule has 0 atom stereocenters. The summed E-state index contributed by atoms with van der Waals surface area (Å²) in [5.41, 5.74) is 0.546. The molecule has 2 heterocycles. The molecule has 0 radical (unpaired) electrons. The lowest BCUT2D eigenvalue weighted by molar-refractivity contribution is -0.133. The quantitative estimate of drug-likeness (QED) is 0.740. The number of amides is 2. The SMILES string of the molecule is Cc1ccc(C(=O)N2CCN(C(=O)Cn3cc(Br)ccc3=O)CC2)cc1F. The molecule has 0 bridgehead atoms. The van der Waals surface area contributed by atoms with Crippen LogP contribution < -0.4 is 5.56 Å². The van der Waals surface area contributed by atoms with E-state index in [0.29, 0.717) is 37.3 Å². The molecule has 0 saturated carbocycles. The predicted octanol–water partition coefficient (Wildman–Crippen LogP) is 2.04. The Labute approximate surface area is 164 Å². The molecule has 0 unspecified atom stereocenters. The van der Waals surface area contributed by atoms with Crippen molar-refractivity contribution < 1.29 is 14.0 Å². The molecule has 142 valence electrons. The number of benzene rings is 1. The summed E-state index contributed by atoms with van der Waals surface area (Å²) in [5, 5.41) is 0. The second-order valence-electron chi connectivity index (χ2n) is 6.45. The maximum atomic E-state index is 13.7. The van der Waals surface area contributed by atoms with Gasteiger partial charge in [-0.1, -0.05) is 6.07 Å².